The zero-order valence-electron chi connectivity index (χ0n) is 17.2. The Morgan fingerprint density at radius 2 is 0.696 bits per heavy atom. The van der Waals surface area contributed by atoms with Crippen molar-refractivity contribution in [3.63, 3.8) is 0 Å². The molecule has 0 atom stereocenters. The van der Waals surface area contributed by atoms with E-state index >= 15 is 0 Å². The summed E-state index contributed by atoms with van der Waals surface area (Å²) in [5, 5.41) is 0. The van der Waals surface area contributed by atoms with Gasteiger partial charge < -0.3 is 0 Å². The monoisotopic (exact) mass is 344 g/mol. The van der Waals surface area contributed by atoms with Crippen molar-refractivity contribution < 1.29 is 0 Å². The molecular weight excluding hydrogens is 295 g/mol. The molecule has 0 amide bonds. The van der Waals surface area contributed by atoms with Crippen LogP contribution in [0.2, 0.25) is 0 Å². The Labute approximate surface area is 149 Å². The van der Waals surface area contributed by atoms with Crippen LogP contribution in [-0.2, 0) is 0 Å². The Kier molecular flexibility index (Phi) is 17.6. The summed E-state index contributed by atoms with van der Waals surface area (Å²) in [5.41, 5.74) is 0. The van der Waals surface area contributed by atoms with E-state index in [2.05, 4.69) is 27.7 Å². The van der Waals surface area contributed by atoms with Gasteiger partial charge in [-0.3, -0.25) is 0 Å². The van der Waals surface area contributed by atoms with Crippen molar-refractivity contribution >= 4 is 7.26 Å². The Hall–Kier alpha value is 0.430. The molecule has 0 spiro atoms. The fraction of sp³-hybridized carbons (Fsp3) is 1.00. The van der Waals surface area contributed by atoms with Crippen molar-refractivity contribution in [2.45, 2.75) is 118 Å². The standard InChI is InChI=1S/C22H49P/c1-5-9-10-11-12-13-14-15-16-17-18-22-23(19-6-2,20-7-3)21-8-4/h23H,5-22H2,1-4H3. The minimum absolute atomic E-state index is 0.890. The van der Waals surface area contributed by atoms with Crippen LogP contribution in [0.1, 0.15) is 118 Å². The van der Waals surface area contributed by atoms with Gasteiger partial charge in [0.15, 0.2) is 0 Å². The van der Waals surface area contributed by atoms with Crippen molar-refractivity contribution in [1.29, 1.82) is 0 Å². The van der Waals surface area contributed by atoms with E-state index in [0.717, 1.165) is 0 Å². The summed E-state index contributed by atoms with van der Waals surface area (Å²) in [6.45, 7) is 9.54. The first-order valence-electron chi connectivity index (χ1n) is 11.2. The summed E-state index contributed by atoms with van der Waals surface area (Å²) in [4.78, 5) is 0. The second kappa shape index (κ2) is 17.3. The van der Waals surface area contributed by atoms with Gasteiger partial charge in [0, 0.05) is 0 Å². The average Bonchev–Trinajstić information content (AvgIpc) is 2.53. The van der Waals surface area contributed by atoms with Gasteiger partial charge in [-0.25, -0.2) is 0 Å². The van der Waals surface area contributed by atoms with Crippen LogP contribution >= 0.6 is 7.26 Å². The normalized spacial score (nSPS) is 12.7. The van der Waals surface area contributed by atoms with E-state index in [9.17, 15) is 0 Å². The van der Waals surface area contributed by atoms with Gasteiger partial charge in [-0.1, -0.05) is 6.92 Å². The van der Waals surface area contributed by atoms with Crippen molar-refractivity contribution in [3.05, 3.63) is 0 Å². The molecule has 0 unspecified atom stereocenters. The fourth-order valence-corrected chi connectivity index (χ4v) is 10.2. The Bertz CT molecular complexity index is 207. The molecule has 0 rings (SSSR count). The average molecular weight is 345 g/mol. The quantitative estimate of drug-likeness (QED) is 0.173. The van der Waals surface area contributed by atoms with E-state index in [1.807, 2.05) is 0 Å². The molecule has 0 radical (unpaired) electrons. The third-order valence-electron chi connectivity index (χ3n) is 5.65. The second-order valence-electron chi connectivity index (χ2n) is 8.04. The maximum absolute atomic E-state index is 2.41. The van der Waals surface area contributed by atoms with E-state index < -0.39 is 7.26 Å². The van der Waals surface area contributed by atoms with Gasteiger partial charge in [0.1, 0.15) is 0 Å². The van der Waals surface area contributed by atoms with Gasteiger partial charge in [0.2, 0.25) is 0 Å². The summed E-state index contributed by atoms with van der Waals surface area (Å²) < 4.78 is 0. The zero-order chi connectivity index (χ0) is 17.2. The van der Waals surface area contributed by atoms with E-state index in [1.54, 1.807) is 31.1 Å². The molecule has 0 nitrogen and oxygen atoms in total. The summed E-state index contributed by atoms with van der Waals surface area (Å²) in [6, 6.07) is 0. The summed E-state index contributed by atoms with van der Waals surface area (Å²) in [7, 11) is -0.890. The van der Waals surface area contributed by atoms with Crippen LogP contribution in [0.4, 0.5) is 0 Å². The second-order valence-corrected chi connectivity index (χ2v) is 13.0. The Balaban J connectivity index is 3.65. The molecule has 0 heterocycles. The first-order valence-corrected chi connectivity index (χ1v) is 14.1. The SMILES string of the molecule is CCCCCCCCCCCCC[PH](CCC)(CCC)CCC. The molecule has 0 saturated carbocycles. The van der Waals surface area contributed by atoms with Crippen molar-refractivity contribution in [2.75, 3.05) is 24.6 Å². The van der Waals surface area contributed by atoms with Crippen LogP contribution in [0.3, 0.4) is 0 Å². The van der Waals surface area contributed by atoms with Gasteiger partial charge >= 0.3 is 143 Å². The van der Waals surface area contributed by atoms with E-state index in [4.69, 9.17) is 0 Å². The van der Waals surface area contributed by atoms with Crippen molar-refractivity contribution in [3.8, 4) is 0 Å². The molecule has 23 heavy (non-hydrogen) atoms. The third-order valence-corrected chi connectivity index (χ3v) is 11.7. The van der Waals surface area contributed by atoms with Gasteiger partial charge in [0.25, 0.3) is 0 Å². The van der Waals surface area contributed by atoms with Gasteiger partial charge in [-0.2, -0.15) is 0 Å². The van der Waals surface area contributed by atoms with Crippen LogP contribution in [0.15, 0.2) is 0 Å². The van der Waals surface area contributed by atoms with Crippen LogP contribution in [0.5, 0.6) is 0 Å². The zero-order valence-corrected chi connectivity index (χ0v) is 18.2. The van der Waals surface area contributed by atoms with Crippen molar-refractivity contribution in [2.24, 2.45) is 0 Å². The van der Waals surface area contributed by atoms with Crippen LogP contribution < -0.4 is 0 Å². The first-order chi connectivity index (χ1) is 11.2. The van der Waals surface area contributed by atoms with E-state index in [-0.39, 0.29) is 0 Å². The summed E-state index contributed by atoms with van der Waals surface area (Å²) in [6.07, 6.45) is 27.0. The van der Waals surface area contributed by atoms with Crippen LogP contribution in [-0.4, -0.2) is 24.6 Å². The summed E-state index contributed by atoms with van der Waals surface area (Å²) in [5.74, 6) is 0. The molecule has 1 heteroatoms. The van der Waals surface area contributed by atoms with Gasteiger partial charge in [-0.15, -0.1) is 0 Å². The molecule has 0 aromatic rings. The molecule has 0 aromatic carbocycles. The van der Waals surface area contributed by atoms with E-state index in [0.29, 0.717) is 0 Å². The Morgan fingerprint density at radius 1 is 0.348 bits per heavy atom. The van der Waals surface area contributed by atoms with Gasteiger partial charge in [-0.05, 0) is 0 Å². The number of rotatable bonds is 18. The Morgan fingerprint density at radius 3 is 1.04 bits per heavy atom. The third kappa shape index (κ3) is 13.4. The molecule has 0 aliphatic carbocycles. The molecule has 0 aliphatic heterocycles. The molecule has 0 saturated heterocycles. The minimum atomic E-state index is -0.890. The van der Waals surface area contributed by atoms with Crippen LogP contribution in [0.25, 0.3) is 0 Å². The molecule has 0 N–H and O–H groups in total. The molecule has 0 bridgehead atoms. The predicted octanol–water partition coefficient (Wildman–Crippen LogP) is 8.28. The fourth-order valence-electron chi connectivity index (χ4n) is 4.51. The molecule has 0 aliphatic rings. The van der Waals surface area contributed by atoms with Crippen molar-refractivity contribution in [1.82, 2.24) is 0 Å². The number of hydrogen-bond donors (Lipinski definition) is 0. The summed E-state index contributed by atoms with van der Waals surface area (Å²) >= 11 is 0. The maximum atomic E-state index is 2.41. The molecular formula is C22H49P. The topological polar surface area (TPSA) is 0 Å². The van der Waals surface area contributed by atoms with Crippen LogP contribution in [0, 0.1) is 0 Å². The first kappa shape index (κ1) is 23.4. The number of hydrogen-bond acceptors (Lipinski definition) is 0. The van der Waals surface area contributed by atoms with E-state index in [1.165, 1.54) is 83.5 Å². The predicted molar refractivity (Wildman–Crippen MR) is 115 cm³/mol. The number of unbranched alkanes of at least 4 members (excludes halogenated alkanes) is 10. The molecule has 142 valence electrons. The molecule has 0 fully saturated rings. The van der Waals surface area contributed by atoms with Gasteiger partial charge in [0.05, 0.1) is 0 Å². The molecule has 0 aromatic heterocycles.